The zero-order valence-corrected chi connectivity index (χ0v) is 17.4. The first-order valence-electron chi connectivity index (χ1n) is 10.3. The number of carbonyl (C=O) groups is 1. The van der Waals surface area contributed by atoms with Gasteiger partial charge in [-0.25, -0.2) is 4.98 Å². The van der Waals surface area contributed by atoms with Crippen molar-refractivity contribution in [1.29, 1.82) is 0 Å². The fourth-order valence-electron chi connectivity index (χ4n) is 3.95. The van der Waals surface area contributed by atoms with Crippen molar-refractivity contribution in [3.63, 3.8) is 0 Å². The van der Waals surface area contributed by atoms with E-state index >= 15 is 0 Å². The molecule has 0 aliphatic carbocycles. The second kappa shape index (κ2) is 8.53. The third kappa shape index (κ3) is 4.43. The van der Waals surface area contributed by atoms with Gasteiger partial charge in [0.15, 0.2) is 0 Å². The van der Waals surface area contributed by atoms with E-state index in [-0.39, 0.29) is 17.6 Å². The molecular formula is C24H27N5O. The molecule has 1 aliphatic rings. The minimum absolute atomic E-state index is 0.0593. The molecule has 1 aromatic carbocycles. The molecule has 6 nitrogen and oxygen atoms in total. The molecular weight excluding hydrogens is 374 g/mol. The van der Waals surface area contributed by atoms with Gasteiger partial charge in [-0.2, -0.15) is 0 Å². The highest BCUT2D eigenvalue weighted by Gasteiger charge is 2.27. The summed E-state index contributed by atoms with van der Waals surface area (Å²) in [6.45, 7) is 5.44. The summed E-state index contributed by atoms with van der Waals surface area (Å²) < 4.78 is 0. The summed E-state index contributed by atoms with van der Waals surface area (Å²) >= 11 is 0. The van der Waals surface area contributed by atoms with Crippen LogP contribution in [0.1, 0.15) is 46.1 Å². The van der Waals surface area contributed by atoms with Gasteiger partial charge >= 0.3 is 0 Å². The number of likely N-dealkylation sites (tertiary alicyclic amines) is 1. The molecule has 6 heteroatoms. The van der Waals surface area contributed by atoms with Gasteiger partial charge in [-0.1, -0.05) is 17.7 Å². The number of pyridine rings is 2. The highest BCUT2D eigenvalue weighted by Crippen LogP contribution is 2.30. The number of piperidine rings is 1. The lowest BCUT2D eigenvalue weighted by atomic mass is 9.93. The van der Waals surface area contributed by atoms with Crippen LogP contribution in [0.2, 0.25) is 0 Å². The van der Waals surface area contributed by atoms with Gasteiger partial charge < -0.3 is 16.0 Å². The van der Waals surface area contributed by atoms with Gasteiger partial charge in [-0.3, -0.25) is 9.78 Å². The van der Waals surface area contributed by atoms with Crippen LogP contribution in [0.3, 0.4) is 0 Å². The van der Waals surface area contributed by atoms with Crippen LogP contribution in [0.25, 0.3) is 0 Å². The molecule has 3 aromatic rings. The first-order valence-corrected chi connectivity index (χ1v) is 10.3. The molecule has 1 saturated heterocycles. The lowest BCUT2D eigenvalue weighted by Crippen LogP contribution is -2.39. The standard InChI is InChI=1S/C24H27N5O/c1-16-7-9-19(10-8-16)28-20-13-17(2)27-22(14-20)18-5-4-12-29(15-18)24(30)21-6-3-11-26-23(21)25/h3,6-11,13-14,18H,4-5,12,15H2,1-2H3,(H2,25,26)(H,27,28)/t18-/m0/s1. The van der Waals surface area contributed by atoms with E-state index in [4.69, 9.17) is 10.7 Å². The summed E-state index contributed by atoms with van der Waals surface area (Å²) in [6.07, 6.45) is 3.55. The molecule has 1 amide bonds. The van der Waals surface area contributed by atoms with Crippen molar-refractivity contribution in [1.82, 2.24) is 14.9 Å². The Morgan fingerprint density at radius 3 is 2.70 bits per heavy atom. The van der Waals surface area contributed by atoms with Crippen molar-refractivity contribution in [3.8, 4) is 0 Å². The lowest BCUT2D eigenvalue weighted by molar-refractivity contribution is 0.0706. The van der Waals surface area contributed by atoms with Gasteiger partial charge in [0.1, 0.15) is 5.82 Å². The first kappa shape index (κ1) is 19.9. The molecule has 3 N–H and O–H groups in total. The van der Waals surface area contributed by atoms with Crippen LogP contribution in [0.5, 0.6) is 0 Å². The van der Waals surface area contributed by atoms with Crippen LogP contribution in [-0.4, -0.2) is 33.9 Å². The summed E-state index contributed by atoms with van der Waals surface area (Å²) in [5.41, 5.74) is 11.7. The maximum absolute atomic E-state index is 13.0. The number of amides is 1. The van der Waals surface area contributed by atoms with Gasteiger partial charge in [-0.15, -0.1) is 0 Å². The lowest BCUT2D eigenvalue weighted by Gasteiger charge is -2.33. The van der Waals surface area contributed by atoms with Crippen molar-refractivity contribution in [2.75, 3.05) is 24.1 Å². The maximum atomic E-state index is 13.0. The molecule has 2 aromatic heterocycles. The summed E-state index contributed by atoms with van der Waals surface area (Å²) in [7, 11) is 0. The number of nitrogens with zero attached hydrogens (tertiary/aromatic N) is 3. The first-order chi connectivity index (χ1) is 14.5. The molecule has 3 heterocycles. The van der Waals surface area contributed by atoms with E-state index in [2.05, 4.69) is 47.6 Å². The molecule has 1 atom stereocenters. The predicted molar refractivity (Wildman–Crippen MR) is 120 cm³/mol. The largest absolute Gasteiger partial charge is 0.383 e. The number of aryl methyl sites for hydroxylation is 2. The van der Waals surface area contributed by atoms with E-state index in [1.54, 1.807) is 18.3 Å². The Bertz CT molecular complexity index is 1050. The number of aromatic nitrogens is 2. The number of anilines is 3. The van der Waals surface area contributed by atoms with Crippen molar-refractivity contribution >= 4 is 23.1 Å². The van der Waals surface area contributed by atoms with E-state index in [0.29, 0.717) is 12.1 Å². The fourth-order valence-corrected chi connectivity index (χ4v) is 3.95. The second-order valence-corrected chi connectivity index (χ2v) is 7.94. The Labute approximate surface area is 177 Å². The van der Waals surface area contributed by atoms with Crippen molar-refractivity contribution in [2.45, 2.75) is 32.6 Å². The van der Waals surface area contributed by atoms with Gasteiger partial charge in [0.05, 0.1) is 5.56 Å². The molecule has 0 spiro atoms. The van der Waals surface area contributed by atoms with Crippen molar-refractivity contribution < 1.29 is 4.79 Å². The summed E-state index contributed by atoms with van der Waals surface area (Å²) in [4.78, 5) is 23.7. The summed E-state index contributed by atoms with van der Waals surface area (Å²) in [5, 5.41) is 3.47. The topological polar surface area (TPSA) is 84.1 Å². The van der Waals surface area contributed by atoms with Crippen LogP contribution in [0, 0.1) is 13.8 Å². The Morgan fingerprint density at radius 1 is 1.13 bits per heavy atom. The van der Waals surface area contributed by atoms with Crippen molar-refractivity contribution in [3.05, 3.63) is 77.2 Å². The molecule has 1 fully saturated rings. The van der Waals surface area contributed by atoms with E-state index in [9.17, 15) is 4.79 Å². The van der Waals surface area contributed by atoms with E-state index in [1.165, 1.54) is 5.56 Å². The Morgan fingerprint density at radius 2 is 1.93 bits per heavy atom. The van der Waals surface area contributed by atoms with E-state index < -0.39 is 0 Å². The Hall–Kier alpha value is -3.41. The Kier molecular flexibility index (Phi) is 5.65. The normalized spacial score (nSPS) is 16.3. The summed E-state index contributed by atoms with van der Waals surface area (Å²) in [5.74, 6) is 0.415. The Balaban J connectivity index is 1.53. The molecule has 4 rings (SSSR count). The average molecular weight is 402 g/mol. The molecule has 1 aliphatic heterocycles. The van der Waals surface area contributed by atoms with Crippen LogP contribution in [-0.2, 0) is 0 Å². The number of benzene rings is 1. The number of nitrogens with two attached hydrogens (primary N) is 1. The van der Waals surface area contributed by atoms with Crippen molar-refractivity contribution in [2.24, 2.45) is 0 Å². The zero-order chi connectivity index (χ0) is 21.1. The third-order valence-corrected chi connectivity index (χ3v) is 5.51. The van der Waals surface area contributed by atoms with Gasteiger partial charge in [0.2, 0.25) is 0 Å². The van der Waals surface area contributed by atoms with Crippen LogP contribution in [0.4, 0.5) is 17.2 Å². The number of rotatable bonds is 4. The third-order valence-electron chi connectivity index (χ3n) is 5.51. The molecule has 0 bridgehead atoms. The highest BCUT2D eigenvalue weighted by molar-refractivity contribution is 5.98. The molecule has 0 unspecified atom stereocenters. The van der Waals surface area contributed by atoms with Gasteiger partial charge in [0, 0.05) is 48.0 Å². The number of hydrogen-bond acceptors (Lipinski definition) is 5. The zero-order valence-electron chi connectivity index (χ0n) is 17.4. The smallest absolute Gasteiger partial charge is 0.257 e. The van der Waals surface area contributed by atoms with Crippen LogP contribution in [0.15, 0.2) is 54.7 Å². The van der Waals surface area contributed by atoms with E-state index in [0.717, 1.165) is 42.1 Å². The minimum atomic E-state index is -0.0593. The molecule has 154 valence electrons. The number of carbonyl (C=O) groups excluding carboxylic acids is 1. The minimum Gasteiger partial charge on any atom is -0.383 e. The molecule has 0 radical (unpaired) electrons. The highest BCUT2D eigenvalue weighted by atomic mass is 16.2. The molecule has 30 heavy (non-hydrogen) atoms. The maximum Gasteiger partial charge on any atom is 0.257 e. The quantitative estimate of drug-likeness (QED) is 0.675. The monoisotopic (exact) mass is 401 g/mol. The van der Waals surface area contributed by atoms with Gasteiger partial charge in [0.25, 0.3) is 5.91 Å². The van der Waals surface area contributed by atoms with Crippen LogP contribution < -0.4 is 11.1 Å². The molecule has 0 saturated carbocycles. The predicted octanol–water partition coefficient (Wildman–Crippen LogP) is 4.44. The SMILES string of the molecule is Cc1ccc(Nc2cc(C)nc([C@H]3CCCN(C(=O)c4cccnc4N)C3)c2)cc1. The summed E-state index contributed by atoms with van der Waals surface area (Å²) in [6, 6.07) is 16.0. The number of hydrogen-bond donors (Lipinski definition) is 2. The van der Waals surface area contributed by atoms with Crippen LogP contribution >= 0.6 is 0 Å². The number of nitrogen functional groups attached to an aromatic ring is 1. The average Bonchev–Trinajstić information content (AvgIpc) is 2.75. The van der Waals surface area contributed by atoms with E-state index in [1.807, 2.05) is 17.9 Å². The fraction of sp³-hybridized carbons (Fsp3) is 0.292. The van der Waals surface area contributed by atoms with Gasteiger partial charge in [-0.05, 0) is 63.1 Å². The number of nitrogens with one attached hydrogen (secondary N) is 1. The second-order valence-electron chi connectivity index (χ2n) is 7.94.